The average molecular weight is 1640 g/mol. The van der Waals surface area contributed by atoms with E-state index in [2.05, 4.69) is 127 Å². The molecule has 4 aliphatic rings. The van der Waals surface area contributed by atoms with E-state index in [1.807, 2.05) is 122 Å². The van der Waals surface area contributed by atoms with Crippen LogP contribution < -0.4 is 0 Å². The van der Waals surface area contributed by atoms with Crippen LogP contribution in [0.2, 0.25) is 10.0 Å². The molecule has 0 saturated heterocycles. The molecule has 2 unspecified atom stereocenters. The molecule has 110 heavy (non-hydrogen) atoms. The topological polar surface area (TPSA) is 325 Å². The maximum absolute atomic E-state index is 13.1. The molecular weight excluding hydrogens is 1580 g/mol. The van der Waals surface area contributed by atoms with Crippen LogP contribution in [0.1, 0.15) is 91.2 Å². The fraction of sp³-hybridized carbons (Fsp3) is 0.189. The van der Waals surface area contributed by atoms with Gasteiger partial charge in [-0.1, -0.05) is 23.2 Å². The van der Waals surface area contributed by atoms with Gasteiger partial charge in [0.05, 0.1) is 57.3 Å². The maximum atomic E-state index is 13.1. The summed E-state index contributed by atoms with van der Waals surface area (Å²) in [7, 11) is 0. The zero-order valence-corrected chi connectivity index (χ0v) is 63.1. The molecule has 0 aromatic carbocycles. The largest absolute Gasteiger partial charge is 0.328 e. The highest BCUT2D eigenvalue weighted by Crippen LogP contribution is 2.33. The number of aromatic nitrogens is 24. The summed E-state index contributed by atoms with van der Waals surface area (Å²) < 4.78 is 16.7. The monoisotopic (exact) mass is 1630 g/mol. The molecule has 0 fully saturated rings. The minimum atomic E-state index is -0.210. The molecule has 4 aliphatic heterocycles. The van der Waals surface area contributed by atoms with E-state index >= 15 is 0 Å². The Bertz CT molecular complexity index is 5790. The van der Waals surface area contributed by atoms with Crippen LogP contribution in [0.3, 0.4) is 0 Å². The highest BCUT2D eigenvalue weighted by molar-refractivity contribution is 9.10. The molecule has 4 amide bonds. The molecule has 16 aromatic rings. The zero-order valence-electron chi connectivity index (χ0n) is 58.4. The molecule has 32 nitrogen and oxygen atoms in total. The summed E-state index contributed by atoms with van der Waals surface area (Å²) in [5, 5.41) is 53.3. The highest BCUT2D eigenvalue weighted by atomic mass is 79.9. The fourth-order valence-corrected chi connectivity index (χ4v) is 14.7. The van der Waals surface area contributed by atoms with E-state index in [0.29, 0.717) is 98.3 Å². The van der Waals surface area contributed by atoms with Crippen molar-refractivity contribution in [3.8, 4) is 45.6 Å². The van der Waals surface area contributed by atoms with Crippen LogP contribution in [-0.2, 0) is 39.3 Å². The Morgan fingerprint density at radius 2 is 0.645 bits per heavy atom. The number of hydrogen-bond acceptors (Lipinski definition) is 20. The first kappa shape index (κ1) is 70.3. The van der Waals surface area contributed by atoms with E-state index < -0.39 is 0 Å². The van der Waals surface area contributed by atoms with E-state index in [-0.39, 0.29) is 35.7 Å². The third-order valence-electron chi connectivity index (χ3n) is 19.3. The molecule has 548 valence electrons. The Kier molecular flexibility index (Phi) is 19.1. The van der Waals surface area contributed by atoms with Gasteiger partial charge in [-0.15, -0.1) is 40.8 Å². The Hall–Kier alpha value is -12.7. The van der Waals surface area contributed by atoms with E-state index in [1.54, 1.807) is 130 Å². The van der Waals surface area contributed by atoms with Gasteiger partial charge in [0.1, 0.15) is 0 Å². The van der Waals surface area contributed by atoms with Crippen molar-refractivity contribution in [2.45, 2.75) is 65.2 Å². The molecule has 0 saturated carbocycles. The van der Waals surface area contributed by atoms with Crippen LogP contribution in [0.5, 0.6) is 0 Å². The molecule has 20 heterocycles. The normalized spacial score (nSPS) is 15.1. The number of fused-ring (bicyclic) bond motifs is 8. The smallest absolute Gasteiger partial charge is 0.275 e. The summed E-state index contributed by atoms with van der Waals surface area (Å²) in [4.78, 5) is 75.3. The van der Waals surface area contributed by atoms with E-state index in [1.165, 1.54) is 0 Å². The van der Waals surface area contributed by atoms with E-state index in [9.17, 15) is 19.2 Å². The van der Waals surface area contributed by atoms with Crippen molar-refractivity contribution in [1.29, 1.82) is 0 Å². The average Bonchev–Trinajstić information content (AvgIpc) is 1.59. The van der Waals surface area contributed by atoms with Gasteiger partial charge in [0.25, 0.3) is 23.6 Å². The van der Waals surface area contributed by atoms with Gasteiger partial charge in [-0.05, 0) is 167 Å². The molecule has 16 aromatic heterocycles. The van der Waals surface area contributed by atoms with Crippen LogP contribution >= 0.6 is 55.1 Å². The van der Waals surface area contributed by atoms with Crippen molar-refractivity contribution >= 4 is 101 Å². The van der Waals surface area contributed by atoms with Crippen LogP contribution in [0, 0.1) is 0 Å². The Morgan fingerprint density at radius 3 is 1.00 bits per heavy atom. The Morgan fingerprint density at radius 1 is 0.345 bits per heavy atom. The maximum Gasteiger partial charge on any atom is 0.275 e. The molecule has 36 heteroatoms. The number of nitrogens with zero attached hydrogens (tertiary/aromatic N) is 28. The van der Waals surface area contributed by atoms with Crippen LogP contribution in [0.15, 0.2) is 205 Å². The summed E-state index contributed by atoms with van der Waals surface area (Å²) in [6.07, 6.45) is 20.9. The standard InChI is InChI=1S/C19H16BrN7O.C19H16ClN7O.C18H14BrN7O.C18H14ClN7O/c2*1-12-17-22-23-18(13-4-6-21-7-5-13)26(17)9-8-25(12)19(28)16-10-15-3-2-14(20)11-27(15)24-16;2*19-13-1-2-14-9-15(23-26(14)10-13)18(27)24-7-8-25-16(11-24)21-22-17(25)12-3-5-20-6-4-12/h2*2-7,10-12H,8-9H2,1H3;2*1-6,9-10H,7-8,11H2. The second-order valence-corrected chi connectivity index (χ2v) is 28.7. The lowest BCUT2D eigenvalue weighted by Crippen LogP contribution is -2.41. The second-order valence-electron chi connectivity index (χ2n) is 26.0. The number of carbonyl (C=O) groups excluding carboxylic acids is 4. The minimum absolute atomic E-state index is 0.102. The predicted molar refractivity (Wildman–Crippen MR) is 408 cm³/mol. The molecule has 2 atom stereocenters. The van der Waals surface area contributed by atoms with Crippen LogP contribution in [0.25, 0.3) is 67.6 Å². The van der Waals surface area contributed by atoms with Gasteiger partial charge in [-0.2, -0.15) is 20.4 Å². The second kappa shape index (κ2) is 29.8. The summed E-state index contributed by atoms with van der Waals surface area (Å²) in [6.45, 7) is 9.54. The van der Waals surface area contributed by atoms with Crippen LogP contribution in [0.4, 0.5) is 0 Å². The molecule has 20 rings (SSSR count). The van der Waals surface area contributed by atoms with Gasteiger partial charge >= 0.3 is 0 Å². The first-order valence-corrected chi connectivity index (χ1v) is 37.1. The number of halogens is 4. The van der Waals surface area contributed by atoms with Crippen molar-refractivity contribution in [3.63, 3.8) is 0 Å². The van der Waals surface area contributed by atoms with Crippen molar-refractivity contribution in [2.24, 2.45) is 0 Å². The van der Waals surface area contributed by atoms with Crippen molar-refractivity contribution in [1.82, 2.24) is 137 Å². The molecule has 0 bridgehead atoms. The molecule has 0 spiro atoms. The lowest BCUT2D eigenvalue weighted by Gasteiger charge is -2.33. The third kappa shape index (κ3) is 13.9. The first-order chi connectivity index (χ1) is 53.6. The predicted octanol–water partition coefficient (Wildman–Crippen LogP) is 10.5. The molecule has 0 N–H and O–H groups in total. The third-order valence-corrected chi connectivity index (χ3v) is 20.7. The van der Waals surface area contributed by atoms with Gasteiger partial charge in [-0.3, -0.25) is 39.1 Å². The Labute approximate surface area is 650 Å². The highest BCUT2D eigenvalue weighted by Gasteiger charge is 2.36. The molecular formula is C74H60Br2Cl2N28O4. The van der Waals surface area contributed by atoms with Gasteiger partial charge < -0.3 is 37.9 Å². The number of pyridine rings is 8. The summed E-state index contributed by atoms with van der Waals surface area (Å²) >= 11 is 18.8. The van der Waals surface area contributed by atoms with Gasteiger partial charge in [0.15, 0.2) is 69.4 Å². The zero-order chi connectivity index (χ0) is 75.3. The number of hydrogen-bond donors (Lipinski definition) is 0. The van der Waals surface area contributed by atoms with Gasteiger partial charge in [0.2, 0.25) is 0 Å². The number of carbonyl (C=O) groups is 4. The van der Waals surface area contributed by atoms with Crippen molar-refractivity contribution in [3.05, 3.63) is 261 Å². The van der Waals surface area contributed by atoms with Crippen molar-refractivity contribution < 1.29 is 19.2 Å². The summed E-state index contributed by atoms with van der Waals surface area (Å²) in [5.41, 5.74) is 8.86. The van der Waals surface area contributed by atoms with Crippen LogP contribution in [-0.4, -0.2) is 187 Å². The minimum Gasteiger partial charge on any atom is -0.328 e. The fourth-order valence-electron chi connectivity index (χ4n) is 13.7. The SMILES string of the molecule is CC1c2nnc(-c3ccncc3)n2CCN1C(=O)c1cc2ccc(Br)cn2n1.CC1c2nnc(-c3ccncc3)n2CCN1C(=O)c1cc2ccc(Cl)cn2n1.O=C(c1cc2ccc(Br)cn2n1)N1CCn2c(nnc2-c2ccncc2)C1.O=C(c1cc2ccc(Cl)cn2n1)N1CCn2c(nnc2-c2ccncc2)C1. The molecule has 0 radical (unpaired) electrons. The molecule has 0 aliphatic carbocycles. The number of amides is 4. The van der Waals surface area contributed by atoms with Crippen molar-refractivity contribution in [2.75, 3.05) is 26.2 Å². The van der Waals surface area contributed by atoms with E-state index in [4.69, 9.17) is 23.2 Å². The lowest BCUT2D eigenvalue weighted by molar-refractivity contribution is 0.0625. The summed E-state index contributed by atoms with van der Waals surface area (Å²) in [6, 6.07) is 36.9. The van der Waals surface area contributed by atoms with Gasteiger partial charge in [0, 0.05) is 158 Å². The van der Waals surface area contributed by atoms with E-state index in [0.717, 1.165) is 99.9 Å². The quantitative estimate of drug-likeness (QED) is 0.136. The summed E-state index contributed by atoms with van der Waals surface area (Å²) in [5.74, 6) is 5.78. The Balaban J connectivity index is 0.000000107. The van der Waals surface area contributed by atoms with Gasteiger partial charge in [-0.25, -0.2) is 18.1 Å². The number of rotatable bonds is 8. The first-order valence-electron chi connectivity index (χ1n) is 34.7. The lowest BCUT2D eigenvalue weighted by atomic mass is 10.1.